The Morgan fingerprint density at radius 1 is 1.19 bits per heavy atom. The lowest BCUT2D eigenvalue weighted by Gasteiger charge is -2.41. The minimum Gasteiger partial charge on any atom is -0.312 e. The van der Waals surface area contributed by atoms with Crippen LogP contribution in [0.1, 0.15) is 67.2 Å². The summed E-state index contributed by atoms with van der Waals surface area (Å²) in [5.74, 6) is 1.83. The maximum absolute atomic E-state index is 3.68. The second kappa shape index (κ2) is 5.08. The first-order valence-corrected chi connectivity index (χ1v) is 6.98. The van der Waals surface area contributed by atoms with E-state index >= 15 is 0 Å². The molecule has 96 valence electrons. The molecule has 16 heavy (non-hydrogen) atoms. The van der Waals surface area contributed by atoms with Crippen LogP contribution in [0.4, 0.5) is 0 Å². The second-order valence-electron chi connectivity index (χ2n) is 7.47. The lowest BCUT2D eigenvalue weighted by atomic mass is 9.66. The van der Waals surface area contributed by atoms with Crippen molar-refractivity contribution in [3.8, 4) is 0 Å². The molecule has 2 unspecified atom stereocenters. The fourth-order valence-electron chi connectivity index (χ4n) is 2.97. The predicted molar refractivity (Wildman–Crippen MR) is 72.7 cm³/mol. The van der Waals surface area contributed by atoms with Gasteiger partial charge in [-0.1, -0.05) is 27.2 Å². The van der Waals surface area contributed by atoms with Crippen LogP contribution in [0.25, 0.3) is 0 Å². The summed E-state index contributed by atoms with van der Waals surface area (Å²) in [4.78, 5) is 0. The van der Waals surface area contributed by atoms with Crippen LogP contribution in [0.5, 0.6) is 0 Å². The maximum atomic E-state index is 3.68. The average molecular weight is 225 g/mol. The fraction of sp³-hybridized carbons (Fsp3) is 1.00. The Bertz CT molecular complexity index is 212. The number of nitrogens with one attached hydrogen (secondary N) is 1. The Morgan fingerprint density at radius 3 is 2.31 bits per heavy atom. The van der Waals surface area contributed by atoms with Gasteiger partial charge in [0, 0.05) is 5.54 Å². The number of hydrogen-bond donors (Lipinski definition) is 1. The van der Waals surface area contributed by atoms with E-state index in [1.165, 1.54) is 32.2 Å². The molecule has 1 aliphatic rings. The lowest BCUT2D eigenvalue weighted by Crippen LogP contribution is -2.43. The standard InChI is InChI=1S/C15H31N/c1-7-12-10-15(5,6)9-8-13(12)11-16-14(2,3)4/h12-13,16H,7-11H2,1-6H3. The first kappa shape index (κ1) is 14.0. The van der Waals surface area contributed by atoms with E-state index in [1.54, 1.807) is 0 Å². The third-order valence-corrected chi connectivity index (χ3v) is 4.09. The summed E-state index contributed by atoms with van der Waals surface area (Å²) in [7, 11) is 0. The van der Waals surface area contributed by atoms with Crippen LogP contribution in [-0.4, -0.2) is 12.1 Å². The van der Waals surface area contributed by atoms with Crippen molar-refractivity contribution in [3.05, 3.63) is 0 Å². The van der Waals surface area contributed by atoms with Crippen LogP contribution in [-0.2, 0) is 0 Å². The molecule has 0 bridgehead atoms. The normalized spacial score (nSPS) is 30.4. The quantitative estimate of drug-likeness (QED) is 0.758. The van der Waals surface area contributed by atoms with E-state index in [2.05, 4.69) is 46.9 Å². The first-order valence-electron chi connectivity index (χ1n) is 6.98. The van der Waals surface area contributed by atoms with E-state index in [0.29, 0.717) is 5.41 Å². The Labute approximate surface area is 102 Å². The monoisotopic (exact) mass is 225 g/mol. The lowest BCUT2D eigenvalue weighted by molar-refractivity contribution is 0.108. The highest BCUT2D eigenvalue weighted by Gasteiger charge is 2.33. The topological polar surface area (TPSA) is 12.0 Å². The third-order valence-electron chi connectivity index (χ3n) is 4.09. The van der Waals surface area contributed by atoms with E-state index in [1.807, 2.05) is 0 Å². The highest BCUT2D eigenvalue weighted by Crippen LogP contribution is 2.42. The summed E-state index contributed by atoms with van der Waals surface area (Å²) in [6.07, 6.45) is 5.58. The van der Waals surface area contributed by atoms with Crippen LogP contribution in [0.15, 0.2) is 0 Å². The molecule has 0 aromatic rings. The molecule has 0 amide bonds. The van der Waals surface area contributed by atoms with E-state index in [0.717, 1.165) is 11.8 Å². The van der Waals surface area contributed by atoms with Crippen molar-refractivity contribution < 1.29 is 0 Å². The Kier molecular flexibility index (Phi) is 4.45. The third kappa shape index (κ3) is 4.45. The van der Waals surface area contributed by atoms with Crippen LogP contribution in [0.3, 0.4) is 0 Å². The van der Waals surface area contributed by atoms with Crippen molar-refractivity contribution >= 4 is 0 Å². The van der Waals surface area contributed by atoms with Crippen molar-refractivity contribution in [1.29, 1.82) is 0 Å². The van der Waals surface area contributed by atoms with Crippen molar-refractivity contribution in [3.63, 3.8) is 0 Å². The van der Waals surface area contributed by atoms with Gasteiger partial charge in [-0.05, 0) is 63.8 Å². The van der Waals surface area contributed by atoms with E-state index in [4.69, 9.17) is 0 Å². The van der Waals surface area contributed by atoms with Gasteiger partial charge < -0.3 is 5.32 Å². The summed E-state index contributed by atoms with van der Waals surface area (Å²) in [6.45, 7) is 15.2. The number of rotatable bonds is 3. The van der Waals surface area contributed by atoms with Gasteiger partial charge in [0.25, 0.3) is 0 Å². The molecule has 1 fully saturated rings. The van der Waals surface area contributed by atoms with Crippen molar-refractivity contribution in [1.82, 2.24) is 5.32 Å². The average Bonchev–Trinajstić information content (AvgIpc) is 2.13. The van der Waals surface area contributed by atoms with Crippen molar-refractivity contribution in [2.75, 3.05) is 6.54 Å². The molecule has 1 saturated carbocycles. The van der Waals surface area contributed by atoms with Gasteiger partial charge in [0.2, 0.25) is 0 Å². The van der Waals surface area contributed by atoms with Gasteiger partial charge in [-0.15, -0.1) is 0 Å². The minimum absolute atomic E-state index is 0.269. The highest BCUT2D eigenvalue weighted by molar-refractivity contribution is 4.86. The Balaban J connectivity index is 2.48. The molecule has 0 spiro atoms. The molecular formula is C15H31N. The Morgan fingerprint density at radius 2 is 1.81 bits per heavy atom. The highest BCUT2D eigenvalue weighted by atomic mass is 14.9. The van der Waals surface area contributed by atoms with Gasteiger partial charge in [0.05, 0.1) is 0 Å². The van der Waals surface area contributed by atoms with Crippen molar-refractivity contribution in [2.45, 2.75) is 72.8 Å². The summed E-state index contributed by atoms with van der Waals surface area (Å²) in [6, 6.07) is 0. The van der Waals surface area contributed by atoms with Gasteiger partial charge in [0.15, 0.2) is 0 Å². The van der Waals surface area contributed by atoms with Crippen molar-refractivity contribution in [2.24, 2.45) is 17.3 Å². The molecule has 1 nitrogen and oxygen atoms in total. The first-order chi connectivity index (χ1) is 7.23. The molecule has 1 rings (SSSR count). The molecule has 0 aliphatic heterocycles. The van der Waals surface area contributed by atoms with Crippen LogP contribution in [0, 0.1) is 17.3 Å². The molecule has 2 atom stereocenters. The SMILES string of the molecule is CCC1CC(C)(C)CCC1CNC(C)(C)C. The summed E-state index contributed by atoms with van der Waals surface area (Å²) in [5, 5.41) is 3.68. The molecule has 1 aliphatic carbocycles. The van der Waals surface area contributed by atoms with E-state index in [-0.39, 0.29) is 5.54 Å². The summed E-state index contributed by atoms with van der Waals surface area (Å²) in [5.41, 5.74) is 0.851. The molecule has 0 heterocycles. The molecule has 1 heteroatoms. The number of hydrogen-bond acceptors (Lipinski definition) is 1. The molecule has 0 aromatic heterocycles. The zero-order chi connectivity index (χ0) is 12.4. The fourth-order valence-corrected chi connectivity index (χ4v) is 2.97. The Hall–Kier alpha value is -0.0400. The summed E-state index contributed by atoms with van der Waals surface area (Å²) < 4.78 is 0. The molecular weight excluding hydrogens is 194 g/mol. The van der Waals surface area contributed by atoms with Gasteiger partial charge in [-0.25, -0.2) is 0 Å². The zero-order valence-corrected chi connectivity index (χ0v) is 12.2. The molecule has 1 N–H and O–H groups in total. The van der Waals surface area contributed by atoms with E-state index < -0.39 is 0 Å². The molecule has 0 saturated heterocycles. The van der Waals surface area contributed by atoms with Gasteiger partial charge in [-0.3, -0.25) is 0 Å². The van der Waals surface area contributed by atoms with Crippen LogP contribution < -0.4 is 5.32 Å². The minimum atomic E-state index is 0.269. The van der Waals surface area contributed by atoms with Gasteiger partial charge in [-0.2, -0.15) is 0 Å². The van der Waals surface area contributed by atoms with E-state index in [9.17, 15) is 0 Å². The largest absolute Gasteiger partial charge is 0.312 e. The van der Waals surface area contributed by atoms with Crippen LogP contribution in [0.2, 0.25) is 0 Å². The summed E-state index contributed by atoms with van der Waals surface area (Å²) >= 11 is 0. The zero-order valence-electron chi connectivity index (χ0n) is 12.2. The molecule has 0 aromatic carbocycles. The smallest absolute Gasteiger partial charge is 0.00966 e. The van der Waals surface area contributed by atoms with Gasteiger partial charge >= 0.3 is 0 Å². The van der Waals surface area contributed by atoms with Crippen LogP contribution >= 0.6 is 0 Å². The second-order valence-corrected chi connectivity index (χ2v) is 7.47. The predicted octanol–water partition coefficient (Wildman–Crippen LogP) is 4.23. The molecule has 0 radical (unpaired) electrons. The van der Waals surface area contributed by atoms with Gasteiger partial charge in [0.1, 0.15) is 0 Å². The maximum Gasteiger partial charge on any atom is 0.00966 e.